The summed E-state index contributed by atoms with van der Waals surface area (Å²) in [5.74, 6) is 1.84. The molecule has 3 N–H and O–H groups in total. The molecule has 2 heterocycles. The van der Waals surface area contributed by atoms with Crippen molar-refractivity contribution >= 4 is 33.6 Å². The van der Waals surface area contributed by atoms with Crippen LogP contribution >= 0.6 is 0 Å². The predicted octanol–water partition coefficient (Wildman–Crippen LogP) is 0.575. The summed E-state index contributed by atoms with van der Waals surface area (Å²) < 4.78 is 11.0. The monoisotopic (exact) mass is 268 g/mol. The lowest BCUT2D eigenvalue weighted by molar-refractivity contribution is 0.687. The molecular formula is C10H16N6OS. The molecule has 0 saturated carbocycles. The molecule has 0 fully saturated rings. The topological polar surface area (TPSA) is 95.6 Å². The molecule has 7 nitrogen and oxygen atoms in total. The Balaban J connectivity index is 2.22. The molecule has 2 aromatic rings. The number of anilines is 2. The lowest BCUT2D eigenvalue weighted by atomic mass is 10.4. The van der Waals surface area contributed by atoms with Crippen LogP contribution in [0, 0.1) is 0 Å². The third kappa shape index (κ3) is 2.95. The number of hydrogen-bond donors (Lipinski definition) is 3. The fourth-order valence-electron chi connectivity index (χ4n) is 1.52. The molecule has 0 bridgehead atoms. The summed E-state index contributed by atoms with van der Waals surface area (Å²) in [7, 11) is -0.817. The molecule has 1 unspecified atom stereocenters. The van der Waals surface area contributed by atoms with Gasteiger partial charge in [-0.25, -0.2) is 0 Å². The number of aromatic nitrogens is 4. The molecule has 0 aliphatic rings. The molecule has 18 heavy (non-hydrogen) atoms. The van der Waals surface area contributed by atoms with Gasteiger partial charge in [-0.05, 0) is 6.92 Å². The van der Waals surface area contributed by atoms with Crippen LogP contribution < -0.4 is 10.6 Å². The van der Waals surface area contributed by atoms with Crippen molar-refractivity contribution in [2.75, 3.05) is 35.7 Å². The van der Waals surface area contributed by atoms with E-state index in [-0.39, 0.29) is 0 Å². The third-order valence-electron chi connectivity index (χ3n) is 2.33. The Morgan fingerprint density at radius 3 is 2.94 bits per heavy atom. The highest BCUT2D eigenvalue weighted by Crippen LogP contribution is 2.19. The predicted molar refractivity (Wildman–Crippen MR) is 73.3 cm³/mol. The quantitative estimate of drug-likeness (QED) is 0.709. The van der Waals surface area contributed by atoms with Crippen LogP contribution in [0.15, 0.2) is 6.20 Å². The third-order valence-corrected chi connectivity index (χ3v) is 3.11. The van der Waals surface area contributed by atoms with Crippen molar-refractivity contribution in [3.63, 3.8) is 0 Å². The summed E-state index contributed by atoms with van der Waals surface area (Å²) in [5.41, 5.74) is 0.682. The van der Waals surface area contributed by atoms with Crippen LogP contribution in [0.3, 0.4) is 0 Å². The van der Waals surface area contributed by atoms with Crippen LogP contribution in [0.25, 0.3) is 11.0 Å². The largest absolute Gasteiger partial charge is 0.368 e. The van der Waals surface area contributed by atoms with E-state index in [1.165, 1.54) is 0 Å². The Morgan fingerprint density at radius 2 is 2.22 bits per heavy atom. The average Bonchev–Trinajstić information content (AvgIpc) is 2.77. The van der Waals surface area contributed by atoms with Gasteiger partial charge < -0.3 is 10.6 Å². The lowest BCUT2D eigenvalue weighted by Crippen LogP contribution is -2.12. The highest BCUT2D eigenvalue weighted by Gasteiger charge is 2.08. The van der Waals surface area contributed by atoms with Crippen LogP contribution in [0.2, 0.25) is 0 Å². The van der Waals surface area contributed by atoms with Gasteiger partial charge in [0.05, 0.1) is 11.6 Å². The van der Waals surface area contributed by atoms with Crippen LogP contribution in [0.5, 0.6) is 0 Å². The van der Waals surface area contributed by atoms with E-state index < -0.39 is 10.8 Å². The average molecular weight is 268 g/mol. The summed E-state index contributed by atoms with van der Waals surface area (Å²) in [5, 5.41) is 13.8. The Hall–Kier alpha value is -1.70. The van der Waals surface area contributed by atoms with E-state index >= 15 is 0 Å². The van der Waals surface area contributed by atoms with E-state index in [1.807, 2.05) is 6.92 Å². The first-order valence-corrected chi connectivity index (χ1v) is 7.42. The lowest BCUT2D eigenvalue weighted by Gasteiger charge is -2.08. The van der Waals surface area contributed by atoms with Crippen LogP contribution in [-0.2, 0) is 10.8 Å². The van der Waals surface area contributed by atoms with Crippen molar-refractivity contribution in [2.24, 2.45) is 0 Å². The molecule has 8 heteroatoms. The Morgan fingerprint density at radius 1 is 1.39 bits per heavy atom. The highest BCUT2D eigenvalue weighted by atomic mass is 32.2. The van der Waals surface area contributed by atoms with Crippen LogP contribution in [0.4, 0.5) is 11.8 Å². The van der Waals surface area contributed by atoms with Crippen molar-refractivity contribution in [1.29, 1.82) is 0 Å². The van der Waals surface area contributed by atoms with Gasteiger partial charge in [0.2, 0.25) is 5.95 Å². The van der Waals surface area contributed by atoms with Gasteiger partial charge in [0.25, 0.3) is 0 Å². The van der Waals surface area contributed by atoms with Gasteiger partial charge >= 0.3 is 0 Å². The minimum absolute atomic E-state index is 0.550. The second-order valence-electron chi connectivity index (χ2n) is 3.76. The zero-order valence-electron chi connectivity index (χ0n) is 10.4. The SMILES string of the molecule is CCNc1nc(NCCS(C)=O)c2cn[nH]c2n1. The first kappa shape index (κ1) is 12.7. The maximum Gasteiger partial charge on any atom is 0.226 e. The van der Waals surface area contributed by atoms with Gasteiger partial charge in [-0.2, -0.15) is 15.1 Å². The maximum absolute atomic E-state index is 11.0. The Kier molecular flexibility index (Phi) is 4.08. The van der Waals surface area contributed by atoms with Gasteiger partial charge in [0, 0.05) is 35.9 Å². The molecule has 0 aliphatic carbocycles. The summed E-state index contributed by atoms with van der Waals surface area (Å²) in [6.45, 7) is 3.33. The second-order valence-corrected chi connectivity index (χ2v) is 5.32. The first-order valence-electron chi connectivity index (χ1n) is 5.69. The minimum Gasteiger partial charge on any atom is -0.368 e. The van der Waals surface area contributed by atoms with Crippen molar-refractivity contribution in [3.05, 3.63) is 6.20 Å². The highest BCUT2D eigenvalue weighted by molar-refractivity contribution is 7.84. The molecule has 0 aliphatic heterocycles. The molecular weight excluding hydrogens is 252 g/mol. The van der Waals surface area contributed by atoms with Gasteiger partial charge in [0.1, 0.15) is 5.82 Å². The van der Waals surface area contributed by atoms with E-state index in [2.05, 4.69) is 30.8 Å². The van der Waals surface area contributed by atoms with Gasteiger partial charge in [-0.1, -0.05) is 0 Å². The molecule has 98 valence electrons. The van der Waals surface area contributed by atoms with Crippen LogP contribution in [0.1, 0.15) is 6.92 Å². The maximum atomic E-state index is 11.0. The van der Waals surface area contributed by atoms with Crippen molar-refractivity contribution < 1.29 is 4.21 Å². The second kappa shape index (κ2) is 5.76. The Bertz CT molecular complexity index is 554. The molecule has 0 aromatic carbocycles. The number of H-pyrrole nitrogens is 1. The van der Waals surface area contributed by atoms with E-state index in [1.54, 1.807) is 12.5 Å². The summed E-state index contributed by atoms with van der Waals surface area (Å²) in [4.78, 5) is 8.66. The van der Waals surface area contributed by atoms with Crippen molar-refractivity contribution in [1.82, 2.24) is 20.2 Å². The zero-order valence-corrected chi connectivity index (χ0v) is 11.2. The number of aromatic amines is 1. The summed E-state index contributed by atoms with van der Waals surface area (Å²) in [6, 6.07) is 0. The fraction of sp³-hybridized carbons (Fsp3) is 0.500. The van der Waals surface area contributed by atoms with Gasteiger partial charge in [-0.3, -0.25) is 9.31 Å². The summed E-state index contributed by atoms with van der Waals surface area (Å²) in [6.07, 6.45) is 3.36. The molecule has 2 rings (SSSR count). The molecule has 0 radical (unpaired) electrons. The smallest absolute Gasteiger partial charge is 0.226 e. The van der Waals surface area contributed by atoms with E-state index in [9.17, 15) is 4.21 Å². The van der Waals surface area contributed by atoms with Crippen molar-refractivity contribution in [3.8, 4) is 0 Å². The molecule has 0 saturated heterocycles. The van der Waals surface area contributed by atoms with Crippen LogP contribution in [-0.4, -0.2) is 49.5 Å². The number of rotatable bonds is 6. The normalized spacial score (nSPS) is 12.6. The number of fused-ring (bicyclic) bond motifs is 1. The van der Waals surface area contributed by atoms with Gasteiger partial charge in [0.15, 0.2) is 5.65 Å². The minimum atomic E-state index is -0.817. The first-order chi connectivity index (χ1) is 8.70. The molecule has 1 atom stereocenters. The van der Waals surface area contributed by atoms with E-state index in [0.717, 1.165) is 11.9 Å². The summed E-state index contributed by atoms with van der Waals surface area (Å²) >= 11 is 0. The van der Waals surface area contributed by atoms with E-state index in [4.69, 9.17) is 0 Å². The fourth-order valence-corrected chi connectivity index (χ4v) is 1.91. The standard InChI is InChI=1S/C10H16N6OS/c1-3-11-10-14-8(12-4-5-18(2)17)7-6-13-16-9(7)15-10/h6H,3-5H2,1-2H3,(H3,11,12,13,14,15,16). The number of nitrogens with one attached hydrogen (secondary N) is 3. The zero-order chi connectivity index (χ0) is 13.0. The van der Waals surface area contributed by atoms with Crippen molar-refractivity contribution in [2.45, 2.75) is 6.92 Å². The molecule has 2 aromatic heterocycles. The molecule has 0 amide bonds. The van der Waals surface area contributed by atoms with Gasteiger partial charge in [-0.15, -0.1) is 0 Å². The number of hydrogen-bond acceptors (Lipinski definition) is 6. The molecule has 0 spiro atoms. The Labute approximate surface area is 107 Å². The number of nitrogens with zero attached hydrogens (tertiary/aromatic N) is 3. The van der Waals surface area contributed by atoms with E-state index in [0.29, 0.717) is 29.7 Å².